The van der Waals surface area contributed by atoms with E-state index in [1.54, 1.807) is 6.07 Å². The summed E-state index contributed by atoms with van der Waals surface area (Å²) in [7, 11) is 0. The van der Waals surface area contributed by atoms with Crippen molar-refractivity contribution in [3.8, 4) is 5.75 Å². The van der Waals surface area contributed by atoms with Gasteiger partial charge < -0.3 is 10.5 Å². The topological polar surface area (TPSA) is 35.2 Å². The maximum Gasteiger partial charge on any atom is 0.123 e. The van der Waals surface area contributed by atoms with Crippen molar-refractivity contribution in [2.45, 2.75) is 20.0 Å². The molecule has 0 atom stereocenters. The van der Waals surface area contributed by atoms with Crippen LogP contribution in [0.3, 0.4) is 0 Å². The maximum atomic E-state index is 13.1. The molecule has 0 aliphatic carbocycles. The number of rotatable bonds is 5. The first-order valence-corrected chi connectivity index (χ1v) is 6.36. The van der Waals surface area contributed by atoms with Crippen LogP contribution in [0.15, 0.2) is 42.5 Å². The van der Waals surface area contributed by atoms with Crippen molar-refractivity contribution in [2.24, 2.45) is 5.73 Å². The first kappa shape index (κ1) is 13.6. The van der Waals surface area contributed by atoms with Gasteiger partial charge in [-0.1, -0.05) is 29.8 Å². The Labute approximate surface area is 113 Å². The van der Waals surface area contributed by atoms with Crippen LogP contribution < -0.4 is 10.5 Å². The van der Waals surface area contributed by atoms with Crippen LogP contribution in [0, 0.1) is 12.7 Å². The molecule has 100 valence electrons. The fraction of sp³-hybridized carbons (Fsp3) is 0.250. The molecule has 2 aromatic carbocycles. The van der Waals surface area contributed by atoms with Crippen molar-refractivity contribution in [1.29, 1.82) is 0 Å². The summed E-state index contributed by atoms with van der Waals surface area (Å²) in [5, 5.41) is 0. The van der Waals surface area contributed by atoms with E-state index >= 15 is 0 Å². The zero-order valence-corrected chi connectivity index (χ0v) is 11.0. The lowest BCUT2D eigenvalue weighted by Gasteiger charge is -2.12. The lowest BCUT2D eigenvalue weighted by atomic mass is 10.1. The molecule has 0 aromatic heterocycles. The molecule has 0 aliphatic rings. The number of aryl methyl sites for hydroxylation is 1. The Morgan fingerprint density at radius 1 is 1.16 bits per heavy atom. The van der Waals surface area contributed by atoms with E-state index in [9.17, 15) is 4.39 Å². The smallest absolute Gasteiger partial charge is 0.123 e. The van der Waals surface area contributed by atoms with Crippen LogP contribution in [0.5, 0.6) is 5.75 Å². The molecular formula is C16H18FNO. The molecule has 19 heavy (non-hydrogen) atoms. The first-order valence-electron chi connectivity index (χ1n) is 6.36. The SMILES string of the molecule is Cc1ccc(OCc2cccc(F)c2)c(CCN)c1. The van der Waals surface area contributed by atoms with E-state index in [2.05, 4.69) is 6.07 Å². The summed E-state index contributed by atoms with van der Waals surface area (Å²) in [6.07, 6.45) is 0.778. The second-order valence-corrected chi connectivity index (χ2v) is 4.57. The Bertz CT molecular complexity index is 554. The summed E-state index contributed by atoms with van der Waals surface area (Å²) in [5.74, 6) is 0.576. The lowest BCUT2D eigenvalue weighted by molar-refractivity contribution is 0.302. The Morgan fingerprint density at radius 2 is 2.00 bits per heavy atom. The quantitative estimate of drug-likeness (QED) is 0.894. The van der Waals surface area contributed by atoms with Crippen molar-refractivity contribution in [3.63, 3.8) is 0 Å². The normalized spacial score (nSPS) is 10.5. The van der Waals surface area contributed by atoms with Gasteiger partial charge in [0.15, 0.2) is 0 Å². The third kappa shape index (κ3) is 3.80. The lowest BCUT2D eigenvalue weighted by Crippen LogP contribution is -2.06. The summed E-state index contributed by atoms with van der Waals surface area (Å²) < 4.78 is 18.8. The van der Waals surface area contributed by atoms with Crippen LogP contribution >= 0.6 is 0 Å². The first-order chi connectivity index (χ1) is 9.19. The van der Waals surface area contributed by atoms with E-state index in [4.69, 9.17) is 10.5 Å². The van der Waals surface area contributed by atoms with Crippen molar-refractivity contribution in [1.82, 2.24) is 0 Å². The Balaban J connectivity index is 2.10. The van der Waals surface area contributed by atoms with E-state index in [0.717, 1.165) is 23.3 Å². The summed E-state index contributed by atoms with van der Waals surface area (Å²) in [5.41, 5.74) is 8.70. The van der Waals surface area contributed by atoms with Crippen LogP contribution in [0.4, 0.5) is 4.39 Å². The summed E-state index contributed by atoms with van der Waals surface area (Å²) >= 11 is 0. The highest BCUT2D eigenvalue weighted by Gasteiger charge is 2.04. The number of ether oxygens (including phenoxy) is 1. The van der Waals surface area contributed by atoms with Gasteiger partial charge in [0.2, 0.25) is 0 Å². The van der Waals surface area contributed by atoms with E-state index in [1.807, 2.05) is 25.1 Å². The van der Waals surface area contributed by atoms with Gasteiger partial charge in [-0.3, -0.25) is 0 Å². The minimum absolute atomic E-state index is 0.243. The molecule has 0 spiro atoms. The van der Waals surface area contributed by atoms with Gasteiger partial charge in [0.25, 0.3) is 0 Å². The minimum atomic E-state index is -0.243. The largest absolute Gasteiger partial charge is 0.489 e. The van der Waals surface area contributed by atoms with Gasteiger partial charge in [-0.15, -0.1) is 0 Å². The number of nitrogens with two attached hydrogens (primary N) is 1. The second-order valence-electron chi connectivity index (χ2n) is 4.57. The highest BCUT2D eigenvalue weighted by molar-refractivity contribution is 5.37. The molecule has 2 nitrogen and oxygen atoms in total. The summed E-state index contributed by atoms with van der Waals surface area (Å²) in [6.45, 7) is 2.98. The molecule has 0 heterocycles. The van der Waals surface area contributed by atoms with Gasteiger partial charge in [0.05, 0.1) is 0 Å². The molecule has 0 saturated carbocycles. The molecule has 2 aromatic rings. The van der Waals surface area contributed by atoms with E-state index in [-0.39, 0.29) is 5.82 Å². The van der Waals surface area contributed by atoms with Crippen LogP contribution in [0.2, 0.25) is 0 Å². The van der Waals surface area contributed by atoms with Crippen LogP contribution in [0.1, 0.15) is 16.7 Å². The number of hydrogen-bond acceptors (Lipinski definition) is 2. The van der Waals surface area contributed by atoms with Crippen molar-refractivity contribution < 1.29 is 9.13 Å². The predicted octanol–water partition coefficient (Wildman–Crippen LogP) is 3.21. The molecule has 3 heteroatoms. The van der Waals surface area contributed by atoms with Crippen LogP contribution in [0.25, 0.3) is 0 Å². The van der Waals surface area contributed by atoms with Crippen molar-refractivity contribution in [2.75, 3.05) is 6.54 Å². The molecule has 0 amide bonds. The fourth-order valence-corrected chi connectivity index (χ4v) is 1.99. The number of hydrogen-bond donors (Lipinski definition) is 1. The number of benzene rings is 2. The third-order valence-electron chi connectivity index (χ3n) is 2.91. The Hall–Kier alpha value is -1.87. The minimum Gasteiger partial charge on any atom is -0.489 e. The molecule has 2 N–H and O–H groups in total. The molecule has 0 saturated heterocycles. The Morgan fingerprint density at radius 3 is 2.74 bits per heavy atom. The highest BCUT2D eigenvalue weighted by Crippen LogP contribution is 2.21. The van der Waals surface area contributed by atoms with Gasteiger partial charge in [0.1, 0.15) is 18.2 Å². The zero-order chi connectivity index (χ0) is 13.7. The monoisotopic (exact) mass is 259 g/mol. The van der Waals surface area contributed by atoms with E-state index < -0.39 is 0 Å². The van der Waals surface area contributed by atoms with Crippen molar-refractivity contribution in [3.05, 3.63) is 65.0 Å². The summed E-state index contributed by atoms with van der Waals surface area (Å²) in [6, 6.07) is 12.5. The van der Waals surface area contributed by atoms with Crippen molar-refractivity contribution >= 4 is 0 Å². The van der Waals surface area contributed by atoms with E-state index in [1.165, 1.54) is 17.7 Å². The predicted molar refractivity (Wildman–Crippen MR) is 74.7 cm³/mol. The molecule has 0 aliphatic heterocycles. The maximum absolute atomic E-state index is 13.1. The van der Waals surface area contributed by atoms with Gasteiger partial charge in [-0.2, -0.15) is 0 Å². The highest BCUT2D eigenvalue weighted by atomic mass is 19.1. The Kier molecular flexibility index (Phi) is 4.53. The molecule has 0 unspecified atom stereocenters. The molecule has 0 fully saturated rings. The fourth-order valence-electron chi connectivity index (χ4n) is 1.99. The van der Waals surface area contributed by atoms with Gasteiger partial charge in [0, 0.05) is 0 Å². The molecule has 2 rings (SSSR count). The molecular weight excluding hydrogens is 241 g/mol. The zero-order valence-electron chi connectivity index (χ0n) is 11.0. The average molecular weight is 259 g/mol. The third-order valence-corrected chi connectivity index (χ3v) is 2.91. The van der Waals surface area contributed by atoms with Crippen LogP contribution in [-0.2, 0) is 13.0 Å². The van der Waals surface area contributed by atoms with Gasteiger partial charge in [-0.05, 0) is 49.2 Å². The van der Waals surface area contributed by atoms with Crippen LogP contribution in [-0.4, -0.2) is 6.54 Å². The average Bonchev–Trinajstić information content (AvgIpc) is 2.38. The van der Waals surface area contributed by atoms with E-state index in [0.29, 0.717) is 13.2 Å². The standard InChI is InChI=1S/C16H18FNO/c1-12-5-6-16(14(9-12)7-8-18)19-11-13-3-2-4-15(17)10-13/h2-6,9-10H,7-8,11,18H2,1H3. The second kappa shape index (κ2) is 6.34. The number of halogens is 1. The summed E-state index contributed by atoms with van der Waals surface area (Å²) in [4.78, 5) is 0. The van der Waals surface area contributed by atoms with Gasteiger partial charge in [-0.25, -0.2) is 4.39 Å². The molecule has 0 bridgehead atoms. The molecule has 0 radical (unpaired) electrons. The van der Waals surface area contributed by atoms with Gasteiger partial charge >= 0.3 is 0 Å².